The fourth-order valence-electron chi connectivity index (χ4n) is 4.25. The van der Waals surface area contributed by atoms with Gasteiger partial charge in [-0.25, -0.2) is 4.39 Å². The van der Waals surface area contributed by atoms with Crippen LogP contribution in [-0.2, 0) is 0 Å². The lowest BCUT2D eigenvalue weighted by atomic mass is 9.71. The van der Waals surface area contributed by atoms with Gasteiger partial charge in [0.05, 0.1) is 0 Å². The topological polar surface area (TPSA) is 12.0 Å². The Kier molecular flexibility index (Phi) is 4.11. The molecule has 1 nitrogen and oxygen atoms in total. The fraction of sp³-hybridized carbons (Fsp3) is 0.667. The maximum absolute atomic E-state index is 13.3. The summed E-state index contributed by atoms with van der Waals surface area (Å²) in [6, 6.07) is 7.84. The third kappa shape index (κ3) is 3.06. The summed E-state index contributed by atoms with van der Waals surface area (Å²) in [4.78, 5) is 0. The molecule has 20 heavy (non-hydrogen) atoms. The number of benzene rings is 1. The molecule has 0 radical (unpaired) electrons. The van der Waals surface area contributed by atoms with Gasteiger partial charge in [0.2, 0.25) is 0 Å². The Morgan fingerprint density at radius 1 is 1.15 bits per heavy atom. The minimum atomic E-state index is -0.135. The Morgan fingerprint density at radius 2 is 1.85 bits per heavy atom. The highest BCUT2D eigenvalue weighted by molar-refractivity contribution is 5.19. The van der Waals surface area contributed by atoms with Crippen molar-refractivity contribution in [3.8, 4) is 0 Å². The predicted octanol–water partition coefficient (Wildman–Crippen LogP) is 4.98. The van der Waals surface area contributed by atoms with Crippen LogP contribution in [0.2, 0.25) is 0 Å². The van der Waals surface area contributed by atoms with Gasteiger partial charge in [-0.3, -0.25) is 0 Å². The number of hydrogen-bond acceptors (Lipinski definition) is 1. The molecule has 0 bridgehead atoms. The summed E-state index contributed by atoms with van der Waals surface area (Å²) in [6.07, 6.45) is 11.2. The number of rotatable bonds is 3. The minimum Gasteiger partial charge on any atom is -0.307 e. The van der Waals surface area contributed by atoms with E-state index in [1.807, 2.05) is 6.07 Å². The zero-order valence-corrected chi connectivity index (χ0v) is 12.5. The van der Waals surface area contributed by atoms with Crippen molar-refractivity contribution in [2.45, 2.75) is 70.4 Å². The lowest BCUT2D eigenvalue weighted by Crippen LogP contribution is -2.38. The molecule has 2 fully saturated rings. The third-order valence-electron chi connectivity index (χ3n) is 5.54. The second kappa shape index (κ2) is 5.85. The molecule has 1 N–H and O–H groups in total. The van der Waals surface area contributed by atoms with E-state index >= 15 is 0 Å². The highest BCUT2D eigenvalue weighted by Gasteiger charge is 2.37. The van der Waals surface area contributed by atoms with Crippen molar-refractivity contribution in [3.63, 3.8) is 0 Å². The molecule has 1 spiro atoms. The average Bonchev–Trinajstić information content (AvgIpc) is 2.90. The van der Waals surface area contributed by atoms with Gasteiger partial charge < -0.3 is 5.32 Å². The van der Waals surface area contributed by atoms with Gasteiger partial charge in [0.1, 0.15) is 5.82 Å². The SMILES string of the molecule is CC(NC1CCC2(CCCC2)CC1)c1cccc(F)c1. The van der Waals surface area contributed by atoms with Gasteiger partial charge in [-0.2, -0.15) is 0 Å². The van der Waals surface area contributed by atoms with E-state index in [0.717, 1.165) is 5.56 Å². The Balaban J connectivity index is 1.54. The van der Waals surface area contributed by atoms with Crippen LogP contribution >= 0.6 is 0 Å². The van der Waals surface area contributed by atoms with Crippen LogP contribution in [0.25, 0.3) is 0 Å². The van der Waals surface area contributed by atoms with Crippen molar-refractivity contribution in [1.29, 1.82) is 0 Å². The fourth-order valence-corrected chi connectivity index (χ4v) is 4.25. The molecule has 0 amide bonds. The highest BCUT2D eigenvalue weighted by atomic mass is 19.1. The predicted molar refractivity (Wildman–Crippen MR) is 81.1 cm³/mol. The lowest BCUT2D eigenvalue weighted by Gasteiger charge is -2.38. The smallest absolute Gasteiger partial charge is 0.123 e. The van der Waals surface area contributed by atoms with Gasteiger partial charge in [0.15, 0.2) is 0 Å². The average molecular weight is 275 g/mol. The monoisotopic (exact) mass is 275 g/mol. The summed E-state index contributed by atoms with van der Waals surface area (Å²) >= 11 is 0. The van der Waals surface area contributed by atoms with E-state index in [1.165, 1.54) is 57.4 Å². The zero-order chi connectivity index (χ0) is 14.0. The van der Waals surface area contributed by atoms with Crippen molar-refractivity contribution in [1.82, 2.24) is 5.32 Å². The first-order valence-corrected chi connectivity index (χ1v) is 8.18. The molecule has 2 heteroatoms. The van der Waals surface area contributed by atoms with E-state index in [-0.39, 0.29) is 11.9 Å². The summed E-state index contributed by atoms with van der Waals surface area (Å²) in [5, 5.41) is 3.70. The Morgan fingerprint density at radius 3 is 2.50 bits per heavy atom. The maximum atomic E-state index is 13.3. The van der Waals surface area contributed by atoms with Crippen LogP contribution in [-0.4, -0.2) is 6.04 Å². The molecular formula is C18H26FN. The van der Waals surface area contributed by atoms with E-state index < -0.39 is 0 Å². The Hall–Kier alpha value is -0.890. The number of hydrogen-bond donors (Lipinski definition) is 1. The van der Waals surface area contributed by atoms with E-state index in [1.54, 1.807) is 12.1 Å². The first-order valence-electron chi connectivity index (χ1n) is 8.18. The van der Waals surface area contributed by atoms with Crippen LogP contribution < -0.4 is 5.32 Å². The summed E-state index contributed by atoms with van der Waals surface area (Å²) < 4.78 is 13.3. The minimum absolute atomic E-state index is 0.135. The van der Waals surface area contributed by atoms with Crippen molar-refractivity contribution in [3.05, 3.63) is 35.6 Å². The maximum Gasteiger partial charge on any atom is 0.123 e. The van der Waals surface area contributed by atoms with Gasteiger partial charge in [0, 0.05) is 12.1 Å². The van der Waals surface area contributed by atoms with Crippen LogP contribution in [0, 0.1) is 11.2 Å². The van der Waals surface area contributed by atoms with E-state index in [9.17, 15) is 4.39 Å². The molecule has 1 aromatic carbocycles. The summed E-state index contributed by atoms with van der Waals surface area (Å²) in [6.45, 7) is 2.15. The van der Waals surface area contributed by atoms with Crippen LogP contribution in [0.15, 0.2) is 24.3 Å². The molecule has 0 aromatic heterocycles. The quantitative estimate of drug-likeness (QED) is 0.820. The number of nitrogens with one attached hydrogen (secondary N) is 1. The molecule has 2 aliphatic carbocycles. The summed E-state index contributed by atoms with van der Waals surface area (Å²) in [5.74, 6) is -0.135. The highest BCUT2D eigenvalue weighted by Crippen LogP contribution is 2.49. The molecule has 2 aliphatic rings. The van der Waals surface area contributed by atoms with E-state index in [0.29, 0.717) is 11.5 Å². The van der Waals surface area contributed by atoms with Crippen LogP contribution in [0.4, 0.5) is 4.39 Å². The summed E-state index contributed by atoms with van der Waals surface area (Å²) in [5.41, 5.74) is 1.76. The zero-order valence-electron chi connectivity index (χ0n) is 12.5. The summed E-state index contributed by atoms with van der Waals surface area (Å²) in [7, 11) is 0. The van der Waals surface area contributed by atoms with Gasteiger partial charge in [-0.05, 0) is 68.6 Å². The molecule has 1 aromatic rings. The van der Waals surface area contributed by atoms with Gasteiger partial charge in [-0.1, -0.05) is 25.0 Å². The van der Waals surface area contributed by atoms with Crippen molar-refractivity contribution < 1.29 is 4.39 Å². The van der Waals surface area contributed by atoms with Crippen molar-refractivity contribution in [2.75, 3.05) is 0 Å². The third-order valence-corrected chi connectivity index (χ3v) is 5.54. The van der Waals surface area contributed by atoms with Crippen molar-refractivity contribution in [2.24, 2.45) is 5.41 Å². The second-order valence-electron chi connectivity index (χ2n) is 6.92. The van der Waals surface area contributed by atoms with Crippen LogP contribution in [0.1, 0.15) is 69.9 Å². The van der Waals surface area contributed by atoms with Crippen molar-refractivity contribution >= 4 is 0 Å². The van der Waals surface area contributed by atoms with E-state index in [2.05, 4.69) is 12.2 Å². The molecule has 1 unspecified atom stereocenters. The van der Waals surface area contributed by atoms with Gasteiger partial charge in [0.25, 0.3) is 0 Å². The molecule has 3 rings (SSSR count). The lowest BCUT2D eigenvalue weighted by molar-refractivity contribution is 0.164. The number of halogens is 1. The van der Waals surface area contributed by atoms with Gasteiger partial charge >= 0.3 is 0 Å². The van der Waals surface area contributed by atoms with E-state index in [4.69, 9.17) is 0 Å². The second-order valence-corrected chi connectivity index (χ2v) is 6.92. The normalized spacial score (nSPS) is 24.1. The molecular weight excluding hydrogens is 249 g/mol. The largest absolute Gasteiger partial charge is 0.307 e. The molecule has 1 atom stereocenters. The molecule has 0 aliphatic heterocycles. The molecule has 2 saturated carbocycles. The first kappa shape index (κ1) is 14.1. The standard InChI is InChI=1S/C18H26FN/c1-14(15-5-4-6-16(19)13-15)20-17-7-11-18(12-8-17)9-2-3-10-18/h4-6,13-14,17,20H,2-3,7-12H2,1H3. The first-order chi connectivity index (χ1) is 9.67. The molecule has 0 heterocycles. The molecule has 110 valence electrons. The Bertz CT molecular complexity index is 440. The molecule has 0 saturated heterocycles. The van der Waals surface area contributed by atoms with Crippen LogP contribution in [0.3, 0.4) is 0 Å². The van der Waals surface area contributed by atoms with Crippen LogP contribution in [0.5, 0.6) is 0 Å². The van der Waals surface area contributed by atoms with Gasteiger partial charge in [-0.15, -0.1) is 0 Å². The Labute approximate surface area is 122 Å².